The number of ether oxygens (including phenoxy) is 1. The number of rotatable bonds is 5. The van der Waals surface area contributed by atoms with Gasteiger partial charge in [0.25, 0.3) is 0 Å². The number of pyridine rings is 1. The van der Waals surface area contributed by atoms with Gasteiger partial charge >= 0.3 is 5.97 Å². The molecule has 3 heterocycles. The number of aromatic nitrogens is 2. The van der Waals surface area contributed by atoms with Crippen LogP contribution in [0.4, 0.5) is 0 Å². The molecule has 1 unspecified atom stereocenters. The molecule has 32 heavy (non-hydrogen) atoms. The highest BCUT2D eigenvalue weighted by atomic mass is 16.5. The second-order valence-corrected chi connectivity index (χ2v) is 10.7. The molecule has 1 aliphatic rings. The summed E-state index contributed by atoms with van der Waals surface area (Å²) in [4.78, 5) is 16.8. The lowest BCUT2D eigenvalue weighted by molar-refractivity contribution is -0.940. The van der Waals surface area contributed by atoms with Gasteiger partial charge in [0, 0.05) is 47.0 Å². The number of hydrogen-bond acceptors (Lipinski definition) is 3. The van der Waals surface area contributed by atoms with Crippen molar-refractivity contribution in [3.8, 4) is 0 Å². The first-order valence-corrected chi connectivity index (χ1v) is 11.6. The topological polar surface area (TPSA) is 44.1 Å². The van der Waals surface area contributed by atoms with Crippen molar-refractivity contribution in [1.29, 1.82) is 0 Å². The summed E-state index contributed by atoms with van der Waals surface area (Å²) in [6.07, 6.45) is 3.95. The monoisotopic (exact) mass is 434 g/mol. The third-order valence-electron chi connectivity index (χ3n) is 6.59. The van der Waals surface area contributed by atoms with Crippen LogP contribution in [0.5, 0.6) is 0 Å². The van der Waals surface area contributed by atoms with Gasteiger partial charge in [-0.2, -0.15) is 0 Å². The Bertz CT molecular complexity index is 1140. The van der Waals surface area contributed by atoms with E-state index in [9.17, 15) is 4.79 Å². The Morgan fingerprint density at radius 1 is 1.19 bits per heavy atom. The Balaban J connectivity index is 1.62. The van der Waals surface area contributed by atoms with Gasteiger partial charge in [0.2, 0.25) is 6.73 Å². The molecule has 1 aliphatic heterocycles. The average molecular weight is 435 g/mol. The largest absolute Gasteiger partial charge is 0.415 e. The van der Waals surface area contributed by atoms with Gasteiger partial charge in [-0.15, -0.1) is 0 Å². The second-order valence-electron chi connectivity index (χ2n) is 10.7. The second kappa shape index (κ2) is 8.36. The minimum Gasteiger partial charge on any atom is -0.415 e. The van der Waals surface area contributed by atoms with Crippen molar-refractivity contribution in [3.63, 3.8) is 0 Å². The van der Waals surface area contributed by atoms with E-state index in [2.05, 4.69) is 53.9 Å². The molecule has 0 spiro atoms. The van der Waals surface area contributed by atoms with Gasteiger partial charge in [0.15, 0.2) is 0 Å². The Morgan fingerprint density at radius 3 is 2.66 bits per heavy atom. The first-order valence-electron chi connectivity index (χ1n) is 11.6. The summed E-state index contributed by atoms with van der Waals surface area (Å²) in [6.45, 7) is 13.1. The minimum atomic E-state index is -0.474. The SMILES string of the molecule is Cc1ccc2c(c1)c1c(n2CCc2ccc(C)nc2)CC[N+](C)(COC(=O)C(C)(C)C)C1. The molecule has 3 aromatic rings. The van der Waals surface area contributed by atoms with Gasteiger partial charge < -0.3 is 9.30 Å². The first-order chi connectivity index (χ1) is 15.1. The molecule has 0 saturated carbocycles. The van der Waals surface area contributed by atoms with Crippen LogP contribution in [0.2, 0.25) is 0 Å². The fourth-order valence-electron chi connectivity index (χ4n) is 4.57. The predicted octanol–water partition coefficient (Wildman–Crippen LogP) is 4.95. The van der Waals surface area contributed by atoms with Gasteiger partial charge in [0.05, 0.1) is 19.0 Å². The van der Waals surface area contributed by atoms with Crippen LogP contribution < -0.4 is 0 Å². The standard InChI is InChI=1S/C27H36N3O2/c1-19-7-10-24-22(15-19)23-17-30(6,18-32-26(31)27(3,4)5)14-12-25(23)29(24)13-11-21-9-8-20(2)28-16-21/h7-10,15-16H,11-14,17-18H2,1-6H3/q+1. The lowest BCUT2D eigenvalue weighted by atomic mass is 9.97. The zero-order chi connectivity index (χ0) is 23.1. The van der Waals surface area contributed by atoms with Crippen LogP contribution in [-0.4, -0.2) is 40.3 Å². The molecule has 0 bridgehead atoms. The van der Waals surface area contributed by atoms with E-state index in [1.54, 1.807) is 0 Å². The minimum absolute atomic E-state index is 0.132. The molecular weight excluding hydrogens is 398 g/mol. The van der Waals surface area contributed by atoms with Crippen LogP contribution in [0.3, 0.4) is 0 Å². The molecule has 4 rings (SSSR count). The van der Waals surface area contributed by atoms with Gasteiger partial charge in [-0.05, 0) is 64.8 Å². The number of esters is 1. The van der Waals surface area contributed by atoms with E-state index >= 15 is 0 Å². The highest BCUT2D eigenvalue weighted by Crippen LogP contribution is 2.34. The Morgan fingerprint density at radius 2 is 1.97 bits per heavy atom. The number of likely N-dealkylation sites (N-methyl/N-ethyl adjacent to an activating group) is 1. The number of quaternary nitrogens is 1. The summed E-state index contributed by atoms with van der Waals surface area (Å²) in [7, 11) is 2.20. The van der Waals surface area contributed by atoms with E-state index in [0.29, 0.717) is 6.73 Å². The number of aryl methyl sites for hydroxylation is 4. The number of fused-ring (bicyclic) bond motifs is 3. The Hall–Kier alpha value is -2.66. The quantitative estimate of drug-likeness (QED) is 0.422. The third-order valence-corrected chi connectivity index (χ3v) is 6.59. The zero-order valence-electron chi connectivity index (χ0n) is 20.4. The summed E-state index contributed by atoms with van der Waals surface area (Å²) in [5, 5.41) is 1.34. The van der Waals surface area contributed by atoms with Crippen LogP contribution >= 0.6 is 0 Å². The Labute approximate surface area is 191 Å². The van der Waals surface area contributed by atoms with E-state index in [-0.39, 0.29) is 5.97 Å². The molecule has 1 aromatic carbocycles. The van der Waals surface area contributed by atoms with Crippen molar-refractivity contribution in [3.05, 3.63) is 64.6 Å². The molecule has 2 aromatic heterocycles. The maximum Gasteiger partial charge on any atom is 0.315 e. The fourth-order valence-corrected chi connectivity index (χ4v) is 4.57. The van der Waals surface area contributed by atoms with Crippen LogP contribution in [0.15, 0.2) is 36.5 Å². The zero-order valence-corrected chi connectivity index (χ0v) is 20.4. The highest BCUT2D eigenvalue weighted by molar-refractivity contribution is 5.86. The molecule has 0 aliphatic carbocycles. The van der Waals surface area contributed by atoms with Crippen molar-refractivity contribution in [2.45, 2.75) is 60.5 Å². The van der Waals surface area contributed by atoms with E-state index < -0.39 is 5.41 Å². The summed E-state index contributed by atoms with van der Waals surface area (Å²) < 4.78 is 8.98. The van der Waals surface area contributed by atoms with Crippen molar-refractivity contribution in [2.75, 3.05) is 20.3 Å². The van der Waals surface area contributed by atoms with Crippen molar-refractivity contribution in [1.82, 2.24) is 9.55 Å². The summed E-state index contributed by atoms with van der Waals surface area (Å²) in [5.74, 6) is -0.132. The molecule has 0 amide bonds. The molecule has 1 atom stereocenters. The molecule has 5 nitrogen and oxygen atoms in total. The van der Waals surface area contributed by atoms with Crippen LogP contribution in [-0.2, 0) is 35.5 Å². The molecule has 5 heteroatoms. The normalized spacial score (nSPS) is 18.6. The van der Waals surface area contributed by atoms with Gasteiger partial charge in [-0.25, -0.2) is 0 Å². The molecule has 170 valence electrons. The lowest BCUT2D eigenvalue weighted by Gasteiger charge is -2.37. The molecule has 0 saturated heterocycles. The van der Waals surface area contributed by atoms with Crippen LogP contribution in [0, 0.1) is 19.3 Å². The van der Waals surface area contributed by atoms with Crippen LogP contribution in [0.25, 0.3) is 10.9 Å². The van der Waals surface area contributed by atoms with Crippen molar-refractivity contribution >= 4 is 16.9 Å². The number of carbonyl (C=O) groups excluding carboxylic acids is 1. The predicted molar refractivity (Wildman–Crippen MR) is 128 cm³/mol. The van der Waals surface area contributed by atoms with Crippen LogP contribution in [0.1, 0.15) is 48.8 Å². The van der Waals surface area contributed by atoms with Crippen molar-refractivity contribution < 1.29 is 14.0 Å². The fraction of sp³-hybridized carbons (Fsp3) is 0.481. The molecular formula is C27H36N3O2+. The molecule has 0 N–H and O–H groups in total. The number of nitrogens with zero attached hydrogens (tertiary/aromatic N) is 3. The van der Waals surface area contributed by atoms with E-state index in [0.717, 1.165) is 42.7 Å². The summed E-state index contributed by atoms with van der Waals surface area (Å²) in [6, 6.07) is 11.1. The highest BCUT2D eigenvalue weighted by Gasteiger charge is 2.35. The first kappa shape index (κ1) is 22.5. The molecule has 0 radical (unpaired) electrons. The smallest absolute Gasteiger partial charge is 0.315 e. The number of carbonyl (C=O) groups is 1. The summed E-state index contributed by atoms with van der Waals surface area (Å²) >= 11 is 0. The number of hydrogen-bond donors (Lipinski definition) is 0. The van der Waals surface area contributed by atoms with Gasteiger partial charge in [-0.3, -0.25) is 14.3 Å². The maximum absolute atomic E-state index is 12.4. The van der Waals surface area contributed by atoms with Gasteiger partial charge in [-0.1, -0.05) is 17.7 Å². The third kappa shape index (κ3) is 4.58. The van der Waals surface area contributed by atoms with Crippen molar-refractivity contribution in [2.24, 2.45) is 5.41 Å². The number of benzene rings is 1. The van der Waals surface area contributed by atoms with E-state index in [1.807, 2.05) is 33.9 Å². The van der Waals surface area contributed by atoms with Gasteiger partial charge in [0.1, 0.15) is 6.54 Å². The van der Waals surface area contributed by atoms with E-state index in [4.69, 9.17) is 4.74 Å². The average Bonchev–Trinajstić information content (AvgIpc) is 3.03. The maximum atomic E-state index is 12.4. The Kier molecular flexibility index (Phi) is 5.89. The molecule has 0 fully saturated rings. The lowest BCUT2D eigenvalue weighted by Crippen LogP contribution is -2.50. The van der Waals surface area contributed by atoms with E-state index in [1.165, 1.54) is 33.3 Å². The summed E-state index contributed by atoms with van der Waals surface area (Å²) in [5.41, 5.74) is 7.27.